The Labute approximate surface area is 102 Å². The molecule has 1 aromatic rings. The van der Waals surface area contributed by atoms with Crippen molar-refractivity contribution in [2.45, 2.75) is 6.36 Å². The molecule has 0 radical (unpaired) electrons. The summed E-state index contributed by atoms with van der Waals surface area (Å²) in [4.78, 5) is 23.1. The normalized spacial score (nSPS) is 10.9. The van der Waals surface area contributed by atoms with E-state index in [0.29, 0.717) is 6.07 Å². The van der Waals surface area contributed by atoms with Crippen LogP contribution in [0.25, 0.3) is 0 Å². The third-order valence-corrected chi connectivity index (χ3v) is 1.77. The third-order valence-electron chi connectivity index (χ3n) is 1.77. The van der Waals surface area contributed by atoms with Crippen molar-refractivity contribution in [3.63, 3.8) is 0 Å². The Morgan fingerprint density at radius 3 is 2.47 bits per heavy atom. The molecular weight excluding hydrogens is 277 g/mol. The van der Waals surface area contributed by atoms with Crippen molar-refractivity contribution < 1.29 is 37.5 Å². The smallest absolute Gasteiger partial charge is 0.489 e. The first-order valence-corrected chi connectivity index (χ1v) is 4.38. The standard InChI is InChI=1S/C8H5F3N2O6/c1-18-4-2-3(7(14)15)6(19-8(9,10)11)12-5(4)13(16)17/h2H,1H3,(H,14,15). The summed E-state index contributed by atoms with van der Waals surface area (Å²) in [6.45, 7) is 0. The number of rotatable bonds is 4. The number of nitrogens with zero attached hydrogens (tertiary/aromatic N) is 2. The molecule has 0 unspecified atom stereocenters. The van der Waals surface area contributed by atoms with Crippen LogP contribution < -0.4 is 9.47 Å². The Morgan fingerprint density at radius 1 is 1.53 bits per heavy atom. The van der Waals surface area contributed by atoms with E-state index in [-0.39, 0.29) is 0 Å². The van der Waals surface area contributed by atoms with Crippen molar-refractivity contribution in [3.05, 3.63) is 21.7 Å². The van der Waals surface area contributed by atoms with Gasteiger partial charge in [-0.3, -0.25) is 0 Å². The average Bonchev–Trinajstić information content (AvgIpc) is 2.25. The lowest BCUT2D eigenvalue weighted by Crippen LogP contribution is -2.20. The van der Waals surface area contributed by atoms with Crippen LogP contribution in [0.4, 0.5) is 19.0 Å². The van der Waals surface area contributed by atoms with Gasteiger partial charge in [0.05, 0.1) is 7.11 Å². The second-order valence-electron chi connectivity index (χ2n) is 2.98. The fraction of sp³-hybridized carbons (Fsp3) is 0.250. The molecule has 0 aliphatic rings. The molecule has 0 amide bonds. The first-order valence-electron chi connectivity index (χ1n) is 4.38. The van der Waals surface area contributed by atoms with Crippen LogP contribution in [0.1, 0.15) is 10.4 Å². The number of hydrogen-bond acceptors (Lipinski definition) is 6. The zero-order chi connectivity index (χ0) is 14.8. The number of aromatic nitrogens is 1. The van der Waals surface area contributed by atoms with Crippen LogP contribution in [-0.2, 0) is 0 Å². The molecule has 0 aromatic carbocycles. The Balaban J connectivity index is 3.45. The van der Waals surface area contributed by atoms with E-state index in [9.17, 15) is 28.1 Å². The highest BCUT2D eigenvalue weighted by atomic mass is 19.4. The van der Waals surface area contributed by atoms with Crippen molar-refractivity contribution in [3.8, 4) is 11.6 Å². The Morgan fingerprint density at radius 2 is 2.11 bits per heavy atom. The lowest BCUT2D eigenvalue weighted by molar-refractivity contribution is -0.390. The fourth-order valence-corrected chi connectivity index (χ4v) is 1.09. The van der Waals surface area contributed by atoms with Gasteiger partial charge in [-0.25, -0.2) is 4.79 Å². The highest BCUT2D eigenvalue weighted by Crippen LogP contribution is 2.33. The minimum absolute atomic E-state index is 0.522. The Kier molecular flexibility index (Phi) is 3.77. The zero-order valence-electron chi connectivity index (χ0n) is 9.09. The highest BCUT2D eigenvalue weighted by molar-refractivity contribution is 5.91. The van der Waals surface area contributed by atoms with E-state index in [1.54, 1.807) is 0 Å². The number of aromatic carboxylic acids is 1. The first kappa shape index (κ1) is 14.5. The van der Waals surface area contributed by atoms with Crippen LogP contribution in [0.2, 0.25) is 0 Å². The maximum absolute atomic E-state index is 12.0. The summed E-state index contributed by atoms with van der Waals surface area (Å²) < 4.78 is 43.9. The predicted molar refractivity (Wildman–Crippen MR) is 51.1 cm³/mol. The van der Waals surface area contributed by atoms with Crippen LogP contribution in [-0.4, -0.2) is 34.5 Å². The second-order valence-corrected chi connectivity index (χ2v) is 2.98. The van der Waals surface area contributed by atoms with Gasteiger partial charge in [0, 0.05) is 11.1 Å². The van der Waals surface area contributed by atoms with Crippen molar-refractivity contribution in [2.75, 3.05) is 7.11 Å². The van der Waals surface area contributed by atoms with Gasteiger partial charge in [-0.05, 0) is 4.92 Å². The van der Waals surface area contributed by atoms with E-state index >= 15 is 0 Å². The fourth-order valence-electron chi connectivity index (χ4n) is 1.09. The molecular formula is C8H5F3N2O6. The number of pyridine rings is 1. The number of methoxy groups -OCH3 is 1. The third kappa shape index (κ3) is 3.43. The van der Waals surface area contributed by atoms with E-state index in [1.165, 1.54) is 0 Å². The van der Waals surface area contributed by atoms with E-state index in [0.717, 1.165) is 7.11 Å². The number of carbonyl (C=O) groups is 1. The molecule has 1 rings (SSSR count). The number of carboxylic acid groups (broad SMARTS) is 1. The lowest BCUT2D eigenvalue weighted by Gasteiger charge is -2.08. The minimum atomic E-state index is -5.24. The molecule has 1 aromatic heterocycles. The molecule has 11 heteroatoms. The Bertz CT molecular complexity index is 530. The van der Waals surface area contributed by atoms with Crippen molar-refractivity contribution in [2.24, 2.45) is 0 Å². The molecule has 0 saturated heterocycles. The molecule has 0 saturated carbocycles. The van der Waals surface area contributed by atoms with Gasteiger partial charge in [-0.1, -0.05) is 0 Å². The van der Waals surface area contributed by atoms with Gasteiger partial charge < -0.3 is 24.7 Å². The minimum Gasteiger partial charge on any atom is -0.489 e. The monoisotopic (exact) mass is 282 g/mol. The summed E-state index contributed by atoms with van der Waals surface area (Å²) >= 11 is 0. The van der Waals surface area contributed by atoms with Gasteiger partial charge in [0.2, 0.25) is 5.75 Å². The van der Waals surface area contributed by atoms with Gasteiger partial charge >= 0.3 is 24.0 Å². The molecule has 0 spiro atoms. The summed E-state index contributed by atoms with van der Waals surface area (Å²) in [5.74, 6) is -4.93. The Hall–Kier alpha value is -2.59. The largest absolute Gasteiger partial charge is 0.575 e. The maximum atomic E-state index is 12.0. The van der Waals surface area contributed by atoms with Gasteiger partial charge in [-0.2, -0.15) is 0 Å². The molecule has 19 heavy (non-hydrogen) atoms. The van der Waals surface area contributed by atoms with Crippen molar-refractivity contribution in [1.29, 1.82) is 0 Å². The van der Waals surface area contributed by atoms with Gasteiger partial charge in [0.1, 0.15) is 0 Å². The zero-order valence-corrected chi connectivity index (χ0v) is 9.09. The topological polar surface area (TPSA) is 112 Å². The highest BCUT2D eigenvalue weighted by Gasteiger charge is 2.38. The van der Waals surface area contributed by atoms with Crippen molar-refractivity contribution >= 4 is 11.8 Å². The molecule has 0 aliphatic heterocycles. The number of halogens is 3. The summed E-state index contributed by atoms with van der Waals surface area (Å²) in [6.07, 6.45) is -5.24. The summed E-state index contributed by atoms with van der Waals surface area (Å²) in [5, 5.41) is 19.3. The van der Waals surface area contributed by atoms with Gasteiger partial charge in [-0.15, -0.1) is 13.2 Å². The molecule has 0 bridgehead atoms. The summed E-state index contributed by atoms with van der Waals surface area (Å²) in [6, 6.07) is 0.522. The SMILES string of the molecule is COc1cc(C(=O)O)c(OC(F)(F)F)nc1[N+](=O)[O-]. The van der Waals surface area contributed by atoms with Gasteiger partial charge in [0.25, 0.3) is 0 Å². The van der Waals surface area contributed by atoms with Crippen LogP contribution in [0.5, 0.6) is 11.6 Å². The molecule has 1 N–H and O–H groups in total. The quantitative estimate of drug-likeness (QED) is 0.659. The van der Waals surface area contributed by atoms with Crippen LogP contribution in [0.15, 0.2) is 6.07 Å². The molecule has 8 nitrogen and oxygen atoms in total. The van der Waals surface area contributed by atoms with E-state index in [1.807, 2.05) is 0 Å². The van der Waals surface area contributed by atoms with Crippen LogP contribution in [0, 0.1) is 10.1 Å². The molecule has 0 aliphatic carbocycles. The number of alkyl halides is 3. The van der Waals surface area contributed by atoms with E-state index in [2.05, 4.69) is 14.5 Å². The van der Waals surface area contributed by atoms with Crippen LogP contribution >= 0.6 is 0 Å². The average molecular weight is 282 g/mol. The first-order chi connectivity index (χ1) is 8.65. The summed E-state index contributed by atoms with van der Waals surface area (Å²) in [5.41, 5.74) is -1.01. The molecule has 104 valence electrons. The predicted octanol–water partition coefficient (Wildman–Crippen LogP) is 1.60. The maximum Gasteiger partial charge on any atom is 0.575 e. The number of ether oxygens (including phenoxy) is 2. The number of nitro groups is 1. The second kappa shape index (κ2) is 4.96. The van der Waals surface area contributed by atoms with E-state index < -0.39 is 40.3 Å². The van der Waals surface area contributed by atoms with Gasteiger partial charge in [0.15, 0.2) is 5.56 Å². The summed E-state index contributed by atoms with van der Waals surface area (Å²) in [7, 11) is 0.972. The lowest BCUT2D eigenvalue weighted by atomic mass is 10.2. The molecule has 0 atom stereocenters. The van der Waals surface area contributed by atoms with E-state index in [4.69, 9.17) is 5.11 Å². The molecule has 1 heterocycles. The van der Waals surface area contributed by atoms with Crippen molar-refractivity contribution in [1.82, 2.24) is 4.98 Å². The number of hydrogen-bond donors (Lipinski definition) is 1. The molecule has 0 fully saturated rings. The van der Waals surface area contributed by atoms with Crippen LogP contribution in [0.3, 0.4) is 0 Å². The number of carboxylic acids is 1.